The number of aromatic nitrogens is 1. The van der Waals surface area contributed by atoms with Crippen molar-refractivity contribution in [3.8, 4) is 5.75 Å². The Balaban J connectivity index is 1.71. The lowest BCUT2D eigenvalue weighted by atomic mass is 9.93. The Kier molecular flexibility index (Phi) is 5.06. The summed E-state index contributed by atoms with van der Waals surface area (Å²) >= 11 is 0. The molecule has 0 spiro atoms. The summed E-state index contributed by atoms with van der Waals surface area (Å²) in [6, 6.07) is 5.17. The van der Waals surface area contributed by atoms with Crippen molar-refractivity contribution in [2.75, 3.05) is 39.7 Å². The molecule has 1 aromatic heterocycles. The molecule has 2 unspecified atom stereocenters. The largest absolute Gasteiger partial charge is 0.497 e. The molecule has 9 nitrogen and oxygen atoms in total. The van der Waals surface area contributed by atoms with Crippen LogP contribution >= 0.6 is 0 Å². The lowest BCUT2D eigenvalue weighted by molar-refractivity contribution is -0.0610. The van der Waals surface area contributed by atoms with Crippen LogP contribution < -0.4 is 4.74 Å². The molecule has 1 N–H and O–H groups in total. The molecule has 172 valence electrons. The summed E-state index contributed by atoms with van der Waals surface area (Å²) in [7, 11) is -1.84. The van der Waals surface area contributed by atoms with Gasteiger partial charge >= 0.3 is 0 Å². The fourth-order valence-electron chi connectivity index (χ4n) is 4.56. The maximum atomic E-state index is 12.8. The van der Waals surface area contributed by atoms with Crippen LogP contribution in [0.4, 0.5) is 0 Å². The minimum atomic E-state index is -3.45. The highest BCUT2D eigenvalue weighted by atomic mass is 32.2. The molecular formula is C22H28N4O5S. The first-order chi connectivity index (χ1) is 15.2. The van der Waals surface area contributed by atoms with E-state index in [2.05, 4.69) is 9.88 Å². The molecule has 3 aliphatic rings. The Morgan fingerprint density at radius 2 is 2.09 bits per heavy atom. The van der Waals surface area contributed by atoms with Gasteiger partial charge in [0, 0.05) is 41.5 Å². The number of H-pyrrole nitrogens is 1. The van der Waals surface area contributed by atoms with Gasteiger partial charge in [-0.05, 0) is 26.0 Å². The van der Waals surface area contributed by atoms with Crippen LogP contribution in [0.2, 0.25) is 0 Å². The van der Waals surface area contributed by atoms with Gasteiger partial charge in [0.15, 0.2) is 15.7 Å². The summed E-state index contributed by atoms with van der Waals surface area (Å²) in [6.07, 6.45) is 2.57. The number of hydrogen-bond acceptors (Lipinski definition) is 8. The van der Waals surface area contributed by atoms with Crippen LogP contribution in [-0.4, -0.2) is 92.6 Å². The third-order valence-corrected chi connectivity index (χ3v) is 8.95. The third-order valence-electron chi connectivity index (χ3n) is 6.80. The van der Waals surface area contributed by atoms with E-state index in [0.29, 0.717) is 38.0 Å². The molecule has 10 heteroatoms. The Morgan fingerprint density at radius 3 is 2.84 bits per heavy atom. The first kappa shape index (κ1) is 21.4. The minimum absolute atomic E-state index is 0.0534. The van der Waals surface area contributed by atoms with E-state index in [9.17, 15) is 8.42 Å². The molecule has 1 aromatic carbocycles. The number of ether oxygens (including phenoxy) is 3. The maximum Gasteiger partial charge on any atom is 0.158 e. The molecule has 0 bridgehead atoms. The number of sulfone groups is 1. The zero-order chi connectivity index (χ0) is 22.7. The molecule has 2 fully saturated rings. The number of aromatic amines is 1. The highest BCUT2D eigenvalue weighted by molar-refractivity contribution is 7.92. The summed E-state index contributed by atoms with van der Waals surface area (Å²) in [4.78, 5) is 15.3. The number of fused-ring (bicyclic) bond motifs is 4. The number of nitrogens with one attached hydrogen (secondary N) is 1. The lowest BCUT2D eigenvalue weighted by Crippen LogP contribution is -2.65. The van der Waals surface area contributed by atoms with Gasteiger partial charge in [0.2, 0.25) is 0 Å². The maximum absolute atomic E-state index is 12.8. The van der Waals surface area contributed by atoms with E-state index in [-0.39, 0.29) is 6.04 Å². The first-order valence-corrected chi connectivity index (χ1v) is 12.6. The van der Waals surface area contributed by atoms with Gasteiger partial charge in [0.05, 0.1) is 37.7 Å². The van der Waals surface area contributed by atoms with Gasteiger partial charge in [-0.3, -0.25) is 4.99 Å². The van der Waals surface area contributed by atoms with Gasteiger partial charge in [-0.1, -0.05) is 0 Å². The van der Waals surface area contributed by atoms with E-state index in [4.69, 9.17) is 24.2 Å². The van der Waals surface area contributed by atoms with Gasteiger partial charge in [0.1, 0.15) is 23.7 Å². The number of morpholine rings is 2. The molecule has 0 saturated carbocycles. The molecule has 3 aliphatic heterocycles. The molecule has 5 rings (SSSR count). The quantitative estimate of drug-likeness (QED) is 0.744. The van der Waals surface area contributed by atoms with Crippen molar-refractivity contribution in [2.24, 2.45) is 9.98 Å². The smallest absolute Gasteiger partial charge is 0.158 e. The predicted octanol–water partition coefficient (Wildman–Crippen LogP) is 1.63. The molecular weight excluding hydrogens is 432 g/mol. The molecule has 0 amide bonds. The van der Waals surface area contributed by atoms with Crippen LogP contribution in [0.1, 0.15) is 19.4 Å². The standard InChI is InChI=1S/C22H28N4O5S/c1-22(2,32(4,27)28)19-18-21(26-7-8-30-11-13(26)12-31-18)25-20(24-19)16-9-14(29-3)10-17-15(16)5-6-23-17/h5-6,9-10,13,18-19,23H,7-8,11-12H2,1-4H3/t13-,18?,19?/m0/s1. The molecule has 0 aliphatic carbocycles. The van der Waals surface area contributed by atoms with Gasteiger partial charge in [-0.25, -0.2) is 13.4 Å². The Morgan fingerprint density at radius 1 is 1.28 bits per heavy atom. The number of amidine groups is 2. The Hall–Kier alpha value is -2.43. The van der Waals surface area contributed by atoms with Crippen LogP contribution in [0, 0.1) is 0 Å². The van der Waals surface area contributed by atoms with Crippen LogP contribution in [0.25, 0.3) is 10.9 Å². The topological polar surface area (TPSA) is 106 Å². The second-order valence-corrected chi connectivity index (χ2v) is 11.6. The Labute approximate surface area is 187 Å². The SMILES string of the molecule is COc1cc(C2=NC(C(C)(C)S(C)(=O)=O)C3OC[C@@H]4COCCN4C3=N2)c2cc[nH]c2c1. The van der Waals surface area contributed by atoms with Gasteiger partial charge in [-0.15, -0.1) is 0 Å². The highest BCUT2D eigenvalue weighted by Gasteiger charge is 2.51. The zero-order valence-electron chi connectivity index (χ0n) is 18.7. The van der Waals surface area contributed by atoms with Crippen molar-refractivity contribution in [3.63, 3.8) is 0 Å². The summed E-state index contributed by atoms with van der Waals surface area (Å²) in [5.74, 6) is 1.88. The molecule has 0 radical (unpaired) electrons. The van der Waals surface area contributed by atoms with E-state index >= 15 is 0 Å². The second kappa shape index (κ2) is 7.57. The minimum Gasteiger partial charge on any atom is -0.497 e. The normalized spacial score (nSPS) is 26.2. The van der Waals surface area contributed by atoms with Gasteiger partial charge < -0.3 is 24.1 Å². The van der Waals surface area contributed by atoms with Crippen LogP contribution in [0.3, 0.4) is 0 Å². The summed E-state index contributed by atoms with van der Waals surface area (Å²) < 4.78 is 41.8. The van der Waals surface area contributed by atoms with Crippen molar-refractivity contribution in [1.29, 1.82) is 0 Å². The van der Waals surface area contributed by atoms with E-state index in [0.717, 1.165) is 22.3 Å². The van der Waals surface area contributed by atoms with Crippen LogP contribution in [0.5, 0.6) is 5.75 Å². The molecule has 2 aromatic rings. The number of benzene rings is 1. The van der Waals surface area contributed by atoms with Crippen molar-refractivity contribution >= 4 is 32.4 Å². The number of methoxy groups -OCH3 is 1. The Bertz CT molecular complexity index is 1220. The summed E-state index contributed by atoms with van der Waals surface area (Å²) in [5, 5.41) is 0.943. The number of hydrogen-bond donors (Lipinski definition) is 1. The number of aliphatic imine (C=N–C) groups is 2. The van der Waals surface area contributed by atoms with Gasteiger partial charge in [-0.2, -0.15) is 0 Å². The molecule has 3 atom stereocenters. The van der Waals surface area contributed by atoms with Crippen molar-refractivity contribution in [2.45, 2.75) is 36.8 Å². The fraction of sp³-hybridized carbons (Fsp3) is 0.545. The monoisotopic (exact) mass is 460 g/mol. The van der Waals surface area contributed by atoms with E-state index in [1.165, 1.54) is 6.26 Å². The first-order valence-electron chi connectivity index (χ1n) is 10.7. The summed E-state index contributed by atoms with van der Waals surface area (Å²) in [6.45, 7) is 5.70. The van der Waals surface area contributed by atoms with Crippen LogP contribution in [-0.2, 0) is 19.3 Å². The highest BCUT2D eigenvalue weighted by Crippen LogP contribution is 2.35. The van der Waals surface area contributed by atoms with Gasteiger partial charge in [0.25, 0.3) is 0 Å². The third kappa shape index (κ3) is 3.32. The van der Waals surface area contributed by atoms with Crippen molar-refractivity contribution in [1.82, 2.24) is 9.88 Å². The number of rotatable bonds is 4. The predicted molar refractivity (Wildman–Crippen MR) is 123 cm³/mol. The van der Waals surface area contributed by atoms with Crippen molar-refractivity contribution in [3.05, 3.63) is 30.0 Å². The van der Waals surface area contributed by atoms with E-state index in [1.807, 2.05) is 24.4 Å². The van der Waals surface area contributed by atoms with E-state index in [1.54, 1.807) is 21.0 Å². The van der Waals surface area contributed by atoms with Crippen molar-refractivity contribution < 1.29 is 22.6 Å². The second-order valence-electron chi connectivity index (χ2n) is 9.03. The summed E-state index contributed by atoms with van der Waals surface area (Å²) in [5.41, 5.74) is 1.68. The average Bonchev–Trinajstić information content (AvgIpc) is 3.25. The van der Waals surface area contributed by atoms with Crippen LogP contribution in [0.15, 0.2) is 34.4 Å². The van der Waals surface area contributed by atoms with E-state index < -0.39 is 26.7 Å². The average molecular weight is 461 g/mol. The zero-order valence-corrected chi connectivity index (χ0v) is 19.5. The molecule has 4 heterocycles. The molecule has 2 saturated heterocycles. The number of nitrogens with zero attached hydrogens (tertiary/aromatic N) is 3. The lowest BCUT2D eigenvalue weighted by Gasteiger charge is -2.48. The fourth-order valence-corrected chi connectivity index (χ4v) is 5.17. The molecule has 32 heavy (non-hydrogen) atoms.